The number of nitrogens with zero attached hydrogens (tertiary/aromatic N) is 1. The van der Waals surface area contributed by atoms with Crippen LogP contribution in [-0.4, -0.2) is 6.71 Å². The van der Waals surface area contributed by atoms with Crippen LogP contribution in [0.2, 0.25) is 0 Å². The van der Waals surface area contributed by atoms with E-state index in [9.17, 15) is 0 Å². The zero-order valence-electron chi connectivity index (χ0n) is 31.5. The van der Waals surface area contributed by atoms with Crippen LogP contribution in [0, 0.1) is 0 Å². The highest BCUT2D eigenvalue weighted by Gasteiger charge is 2.31. The molecule has 3 nitrogen and oxygen atoms in total. The van der Waals surface area contributed by atoms with Gasteiger partial charge in [-0.25, -0.2) is 0 Å². The summed E-state index contributed by atoms with van der Waals surface area (Å²) in [4.78, 5) is 2.36. The lowest BCUT2D eigenvalue weighted by molar-refractivity contribution is 0.487. The number of furan rings is 1. The molecule has 0 atom stereocenters. The number of ether oxygens (including phenoxy) is 1. The predicted octanol–water partition coefficient (Wildman–Crippen LogP) is 12.8. The number of anilines is 3. The van der Waals surface area contributed by atoms with E-state index in [0.29, 0.717) is 0 Å². The van der Waals surface area contributed by atoms with E-state index in [1.165, 1.54) is 43.4 Å². The summed E-state index contributed by atoms with van der Waals surface area (Å²) in [7, 11) is 0. The molecule has 58 heavy (non-hydrogen) atoms. The van der Waals surface area contributed by atoms with E-state index in [0.717, 1.165) is 66.9 Å². The maximum atomic E-state index is 6.98. The maximum Gasteiger partial charge on any atom is 0.246 e. The SMILES string of the molecule is c1ccc(B(c2ccc3c4c(cccc24)Oc2cc(N(c4ccccc4)c4cc5ccccc5c5ccccc45)ccc2-3)c2cccc3c2oc2ccccc23)cc1. The molecular weight excluding hydrogens is 705 g/mol. The molecule has 0 bridgehead atoms. The normalized spacial score (nSPS) is 11.9. The monoisotopic (exact) mass is 739 g/mol. The summed E-state index contributed by atoms with van der Waals surface area (Å²) in [5, 5.41) is 9.42. The average Bonchev–Trinajstić information content (AvgIpc) is 3.67. The fraction of sp³-hybridized carbons (Fsp3) is 0. The van der Waals surface area contributed by atoms with Gasteiger partial charge < -0.3 is 14.1 Å². The Morgan fingerprint density at radius 2 is 1.07 bits per heavy atom. The first-order valence-electron chi connectivity index (χ1n) is 19.9. The molecule has 0 saturated heterocycles. The van der Waals surface area contributed by atoms with Crippen molar-refractivity contribution >= 4 is 94.4 Å². The molecule has 270 valence electrons. The fourth-order valence-electron chi connectivity index (χ4n) is 9.42. The Hall–Kier alpha value is -7.56. The van der Waals surface area contributed by atoms with Crippen LogP contribution >= 0.6 is 0 Å². The number of benzene rings is 10. The van der Waals surface area contributed by atoms with Crippen LogP contribution in [0.5, 0.6) is 11.5 Å². The van der Waals surface area contributed by atoms with Crippen LogP contribution in [0.15, 0.2) is 211 Å². The topological polar surface area (TPSA) is 25.6 Å². The van der Waals surface area contributed by atoms with Crippen molar-refractivity contribution in [1.82, 2.24) is 0 Å². The van der Waals surface area contributed by atoms with E-state index in [1.807, 2.05) is 6.07 Å². The highest BCUT2D eigenvalue weighted by atomic mass is 16.5. The number of fused-ring (bicyclic) bond motifs is 8. The molecule has 11 aromatic rings. The van der Waals surface area contributed by atoms with Crippen LogP contribution in [-0.2, 0) is 0 Å². The minimum Gasteiger partial charge on any atom is -0.457 e. The van der Waals surface area contributed by atoms with Crippen LogP contribution in [0.3, 0.4) is 0 Å². The van der Waals surface area contributed by atoms with E-state index in [4.69, 9.17) is 9.15 Å². The highest BCUT2D eigenvalue weighted by molar-refractivity contribution is 6.98. The fourth-order valence-corrected chi connectivity index (χ4v) is 9.42. The van der Waals surface area contributed by atoms with Gasteiger partial charge >= 0.3 is 0 Å². The summed E-state index contributed by atoms with van der Waals surface area (Å²) < 4.78 is 13.6. The van der Waals surface area contributed by atoms with Gasteiger partial charge in [-0.1, -0.05) is 169 Å². The molecule has 4 heteroatoms. The average molecular weight is 740 g/mol. The van der Waals surface area contributed by atoms with Gasteiger partial charge in [-0.2, -0.15) is 0 Å². The van der Waals surface area contributed by atoms with Crippen molar-refractivity contribution in [3.8, 4) is 22.6 Å². The summed E-state index contributed by atoms with van der Waals surface area (Å²) in [6, 6.07) is 73.8. The minimum atomic E-state index is -0.0743. The molecule has 1 aliphatic rings. The third-order valence-corrected chi connectivity index (χ3v) is 12.0. The van der Waals surface area contributed by atoms with Crippen molar-refractivity contribution in [2.75, 3.05) is 4.90 Å². The van der Waals surface area contributed by atoms with Crippen LogP contribution in [0.1, 0.15) is 0 Å². The Kier molecular flexibility index (Phi) is 7.33. The molecule has 12 rings (SSSR count). The van der Waals surface area contributed by atoms with Gasteiger partial charge in [0, 0.05) is 44.5 Å². The van der Waals surface area contributed by atoms with E-state index in [-0.39, 0.29) is 6.71 Å². The van der Waals surface area contributed by atoms with Gasteiger partial charge in [-0.05, 0) is 75.0 Å². The lowest BCUT2D eigenvalue weighted by atomic mass is 9.36. The van der Waals surface area contributed by atoms with Crippen LogP contribution in [0.4, 0.5) is 17.1 Å². The molecule has 0 aliphatic carbocycles. The molecule has 1 aliphatic heterocycles. The second-order valence-corrected chi connectivity index (χ2v) is 15.2. The Labute approximate surface area is 336 Å². The first-order chi connectivity index (χ1) is 28.8. The Morgan fingerprint density at radius 3 is 1.93 bits per heavy atom. The second kappa shape index (κ2) is 13.0. The summed E-state index contributed by atoms with van der Waals surface area (Å²) in [6.07, 6.45) is 0. The summed E-state index contributed by atoms with van der Waals surface area (Å²) in [5.41, 5.74) is 10.9. The van der Waals surface area contributed by atoms with Crippen molar-refractivity contribution in [2.45, 2.75) is 0 Å². The Morgan fingerprint density at radius 1 is 0.397 bits per heavy atom. The summed E-state index contributed by atoms with van der Waals surface area (Å²) in [5.74, 6) is 1.69. The Bertz CT molecular complexity index is 3390. The molecule has 10 aromatic carbocycles. The lowest BCUT2D eigenvalue weighted by Crippen LogP contribution is -2.52. The van der Waals surface area contributed by atoms with Gasteiger partial charge in [0.25, 0.3) is 0 Å². The van der Waals surface area contributed by atoms with Crippen molar-refractivity contribution in [1.29, 1.82) is 0 Å². The smallest absolute Gasteiger partial charge is 0.246 e. The van der Waals surface area contributed by atoms with Crippen LogP contribution < -0.4 is 26.0 Å². The molecule has 0 fully saturated rings. The van der Waals surface area contributed by atoms with Gasteiger partial charge in [0.05, 0.1) is 5.69 Å². The molecule has 0 radical (unpaired) electrons. The van der Waals surface area contributed by atoms with Crippen molar-refractivity contribution in [2.24, 2.45) is 0 Å². The molecule has 0 spiro atoms. The standard InChI is InChI=1S/C54H34BNO2/c1-3-16-36(17-4-1)55(48-26-13-24-45-42-23-11-12-27-50(42)58-54(45)48)47-32-31-44-43-30-29-38(34-52(43)57-51-28-14-25-46(47)53(44)51)56(37-18-5-2-6-19-37)49-33-35-15-7-8-20-39(35)40-21-9-10-22-41(40)49/h1-34H. The minimum absolute atomic E-state index is 0.0743. The van der Waals surface area contributed by atoms with Gasteiger partial charge in [-0.3, -0.25) is 0 Å². The molecule has 2 heterocycles. The molecule has 1 aromatic heterocycles. The number of hydrogen-bond acceptors (Lipinski definition) is 3. The predicted molar refractivity (Wildman–Crippen MR) is 244 cm³/mol. The number of hydrogen-bond donors (Lipinski definition) is 0. The Balaban J connectivity index is 1.04. The second-order valence-electron chi connectivity index (χ2n) is 15.2. The van der Waals surface area contributed by atoms with E-state index in [2.05, 4.69) is 205 Å². The van der Waals surface area contributed by atoms with E-state index < -0.39 is 0 Å². The molecule has 0 N–H and O–H groups in total. The van der Waals surface area contributed by atoms with Gasteiger partial charge in [0.1, 0.15) is 22.7 Å². The molecule has 0 amide bonds. The third-order valence-electron chi connectivity index (χ3n) is 12.0. The number of para-hydroxylation sites is 3. The maximum absolute atomic E-state index is 6.98. The molecule has 0 unspecified atom stereocenters. The first-order valence-corrected chi connectivity index (χ1v) is 19.9. The molecule has 0 saturated carbocycles. The van der Waals surface area contributed by atoms with Gasteiger partial charge in [0.2, 0.25) is 6.71 Å². The molecular formula is C54H34BNO2. The summed E-state index contributed by atoms with van der Waals surface area (Å²) >= 11 is 0. The largest absolute Gasteiger partial charge is 0.457 e. The summed E-state index contributed by atoms with van der Waals surface area (Å²) in [6.45, 7) is -0.0743. The zero-order chi connectivity index (χ0) is 38.2. The van der Waals surface area contributed by atoms with Crippen molar-refractivity contribution in [3.63, 3.8) is 0 Å². The van der Waals surface area contributed by atoms with E-state index in [1.54, 1.807) is 0 Å². The van der Waals surface area contributed by atoms with Gasteiger partial charge in [0.15, 0.2) is 0 Å². The van der Waals surface area contributed by atoms with Crippen molar-refractivity contribution < 1.29 is 9.15 Å². The lowest BCUT2D eigenvalue weighted by Gasteiger charge is -2.29. The first kappa shape index (κ1) is 32.7. The van der Waals surface area contributed by atoms with E-state index >= 15 is 0 Å². The van der Waals surface area contributed by atoms with Crippen molar-refractivity contribution in [3.05, 3.63) is 206 Å². The third kappa shape index (κ3) is 5.02. The zero-order valence-corrected chi connectivity index (χ0v) is 31.5. The number of rotatable bonds is 6. The quantitative estimate of drug-likeness (QED) is 0.125. The van der Waals surface area contributed by atoms with Crippen LogP contribution in [0.25, 0.3) is 65.4 Å². The highest BCUT2D eigenvalue weighted by Crippen LogP contribution is 2.49. The van der Waals surface area contributed by atoms with Gasteiger partial charge in [-0.15, -0.1) is 0 Å².